The summed E-state index contributed by atoms with van der Waals surface area (Å²) < 4.78 is 0. The summed E-state index contributed by atoms with van der Waals surface area (Å²) >= 11 is 0. The zero-order valence-electron chi connectivity index (χ0n) is 13.6. The van der Waals surface area contributed by atoms with Crippen molar-refractivity contribution in [3.8, 4) is 0 Å². The number of anilines is 1. The van der Waals surface area contributed by atoms with Gasteiger partial charge in [0.15, 0.2) is 0 Å². The van der Waals surface area contributed by atoms with E-state index in [1.165, 1.54) is 0 Å². The van der Waals surface area contributed by atoms with Gasteiger partial charge in [-0.15, -0.1) is 0 Å². The molecule has 2 aromatic rings. The Balaban J connectivity index is 1.56. The standard InChI is InChI=1S/C18H20N4O3/c23-15-9-16(20-11-15)18(25)21-10-12-2-1-3-14(8-12)22-17(24)13-4-6-19-7-5-13/h1-8,15-16,20,23H,9-11H2,(H,21,25)(H,22,24). The molecule has 1 aromatic heterocycles. The number of nitrogens with one attached hydrogen (secondary N) is 3. The molecule has 130 valence electrons. The van der Waals surface area contributed by atoms with Crippen molar-refractivity contribution in [3.63, 3.8) is 0 Å². The van der Waals surface area contributed by atoms with Gasteiger partial charge in [0.1, 0.15) is 0 Å². The second-order valence-corrected chi connectivity index (χ2v) is 5.96. The summed E-state index contributed by atoms with van der Waals surface area (Å²) in [5.41, 5.74) is 2.06. The number of hydrogen-bond donors (Lipinski definition) is 4. The van der Waals surface area contributed by atoms with E-state index in [-0.39, 0.29) is 17.9 Å². The van der Waals surface area contributed by atoms with Crippen LogP contribution in [-0.2, 0) is 11.3 Å². The maximum atomic E-state index is 12.2. The van der Waals surface area contributed by atoms with Crippen LogP contribution in [0, 0.1) is 0 Å². The zero-order valence-corrected chi connectivity index (χ0v) is 13.6. The van der Waals surface area contributed by atoms with Crippen LogP contribution in [0.25, 0.3) is 0 Å². The number of aromatic nitrogens is 1. The number of carbonyl (C=O) groups is 2. The van der Waals surface area contributed by atoms with E-state index >= 15 is 0 Å². The Hall–Kier alpha value is -2.77. The third kappa shape index (κ3) is 4.62. The molecule has 3 rings (SSSR count). The molecule has 7 heteroatoms. The summed E-state index contributed by atoms with van der Waals surface area (Å²) in [6.07, 6.45) is 3.08. The van der Waals surface area contributed by atoms with Gasteiger partial charge in [0.2, 0.25) is 5.91 Å². The van der Waals surface area contributed by atoms with Crippen molar-refractivity contribution in [2.45, 2.75) is 25.1 Å². The van der Waals surface area contributed by atoms with E-state index in [0.29, 0.717) is 30.8 Å². The lowest BCUT2D eigenvalue weighted by Crippen LogP contribution is -2.40. The highest BCUT2D eigenvalue weighted by Gasteiger charge is 2.27. The van der Waals surface area contributed by atoms with Crippen LogP contribution in [0.1, 0.15) is 22.3 Å². The molecule has 0 bridgehead atoms. The van der Waals surface area contributed by atoms with Gasteiger partial charge in [0, 0.05) is 36.7 Å². The van der Waals surface area contributed by atoms with Crippen LogP contribution >= 0.6 is 0 Å². The van der Waals surface area contributed by atoms with Crippen molar-refractivity contribution < 1.29 is 14.7 Å². The zero-order chi connectivity index (χ0) is 17.6. The monoisotopic (exact) mass is 340 g/mol. The maximum absolute atomic E-state index is 12.2. The van der Waals surface area contributed by atoms with Gasteiger partial charge in [0.25, 0.3) is 5.91 Å². The Labute approximate surface area is 145 Å². The number of amides is 2. The number of rotatable bonds is 5. The Morgan fingerprint density at radius 1 is 1.24 bits per heavy atom. The van der Waals surface area contributed by atoms with Crippen LogP contribution in [0.15, 0.2) is 48.8 Å². The highest BCUT2D eigenvalue weighted by atomic mass is 16.3. The SMILES string of the molecule is O=C(Nc1cccc(CNC(=O)C2CC(O)CN2)c1)c1ccncc1. The molecule has 2 amide bonds. The van der Waals surface area contributed by atoms with Gasteiger partial charge in [-0.25, -0.2) is 0 Å². The highest BCUT2D eigenvalue weighted by Crippen LogP contribution is 2.13. The molecule has 1 aromatic carbocycles. The molecule has 2 heterocycles. The smallest absolute Gasteiger partial charge is 0.255 e. The number of aliphatic hydroxyl groups is 1. The molecule has 7 nitrogen and oxygen atoms in total. The predicted octanol–water partition coefficient (Wildman–Crippen LogP) is 0.673. The third-order valence-corrected chi connectivity index (χ3v) is 4.02. The van der Waals surface area contributed by atoms with Gasteiger partial charge in [-0.3, -0.25) is 14.6 Å². The molecule has 0 radical (unpaired) electrons. The van der Waals surface area contributed by atoms with Crippen LogP contribution in [-0.4, -0.2) is 40.6 Å². The van der Waals surface area contributed by atoms with Crippen LogP contribution in [0.2, 0.25) is 0 Å². The third-order valence-electron chi connectivity index (χ3n) is 4.02. The molecule has 1 saturated heterocycles. The molecule has 1 aliphatic heterocycles. The number of hydrogen-bond acceptors (Lipinski definition) is 5. The van der Waals surface area contributed by atoms with Crippen LogP contribution in [0.4, 0.5) is 5.69 Å². The Kier molecular flexibility index (Phi) is 5.37. The van der Waals surface area contributed by atoms with Gasteiger partial charge in [-0.1, -0.05) is 12.1 Å². The highest BCUT2D eigenvalue weighted by molar-refractivity contribution is 6.04. The van der Waals surface area contributed by atoms with Crippen molar-refractivity contribution in [1.29, 1.82) is 0 Å². The van der Waals surface area contributed by atoms with Gasteiger partial charge in [-0.2, -0.15) is 0 Å². The number of aliphatic hydroxyl groups excluding tert-OH is 1. The van der Waals surface area contributed by atoms with E-state index < -0.39 is 6.10 Å². The van der Waals surface area contributed by atoms with Crippen LogP contribution in [0.5, 0.6) is 0 Å². The molecule has 0 saturated carbocycles. The summed E-state index contributed by atoms with van der Waals surface area (Å²) in [6, 6.07) is 10.2. The molecule has 1 fully saturated rings. The topological polar surface area (TPSA) is 103 Å². The van der Waals surface area contributed by atoms with E-state index in [2.05, 4.69) is 20.9 Å². The lowest BCUT2D eigenvalue weighted by Gasteiger charge is -2.12. The summed E-state index contributed by atoms with van der Waals surface area (Å²) in [7, 11) is 0. The first-order chi connectivity index (χ1) is 12.1. The Morgan fingerprint density at radius 3 is 2.76 bits per heavy atom. The fourth-order valence-electron chi connectivity index (χ4n) is 2.69. The molecular weight excluding hydrogens is 320 g/mol. The van der Waals surface area contributed by atoms with E-state index in [1.54, 1.807) is 30.6 Å². The Bertz CT molecular complexity index is 751. The van der Waals surface area contributed by atoms with Gasteiger partial charge >= 0.3 is 0 Å². The maximum Gasteiger partial charge on any atom is 0.255 e. The second-order valence-electron chi connectivity index (χ2n) is 5.96. The van der Waals surface area contributed by atoms with Crippen LogP contribution in [0.3, 0.4) is 0 Å². The fourth-order valence-corrected chi connectivity index (χ4v) is 2.69. The average molecular weight is 340 g/mol. The summed E-state index contributed by atoms with van der Waals surface area (Å²) in [5, 5.41) is 18.1. The summed E-state index contributed by atoms with van der Waals surface area (Å²) in [6.45, 7) is 0.792. The first kappa shape index (κ1) is 17.1. The first-order valence-corrected chi connectivity index (χ1v) is 8.11. The number of β-amino-alcohol motifs (C(OH)–C–C–N with tert-alkyl or cyclic N) is 1. The minimum absolute atomic E-state index is 0.136. The number of benzene rings is 1. The van der Waals surface area contributed by atoms with Crippen molar-refractivity contribution >= 4 is 17.5 Å². The van der Waals surface area contributed by atoms with Crippen molar-refractivity contribution in [2.75, 3.05) is 11.9 Å². The van der Waals surface area contributed by atoms with E-state index in [4.69, 9.17) is 0 Å². The minimum atomic E-state index is -0.470. The summed E-state index contributed by atoms with van der Waals surface area (Å²) in [5.74, 6) is -0.351. The molecule has 2 atom stereocenters. The second kappa shape index (κ2) is 7.87. The normalized spacial score (nSPS) is 19.4. The van der Waals surface area contributed by atoms with Crippen LogP contribution < -0.4 is 16.0 Å². The number of pyridine rings is 1. The van der Waals surface area contributed by atoms with Crippen molar-refractivity contribution in [3.05, 3.63) is 59.9 Å². The predicted molar refractivity (Wildman–Crippen MR) is 92.9 cm³/mol. The van der Waals surface area contributed by atoms with Gasteiger partial charge in [0.05, 0.1) is 12.1 Å². The fraction of sp³-hybridized carbons (Fsp3) is 0.278. The lowest BCUT2D eigenvalue weighted by molar-refractivity contribution is -0.123. The number of nitrogens with zero attached hydrogens (tertiary/aromatic N) is 1. The molecule has 0 aliphatic carbocycles. The first-order valence-electron chi connectivity index (χ1n) is 8.11. The van der Waals surface area contributed by atoms with E-state index in [1.807, 2.05) is 18.2 Å². The number of carbonyl (C=O) groups excluding carboxylic acids is 2. The molecule has 4 N–H and O–H groups in total. The molecule has 25 heavy (non-hydrogen) atoms. The van der Waals surface area contributed by atoms with E-state index in [9.17, 15) is 14.7 Å². The molecule has 1 aliphatic rings. The van der Waals surface area contributed by atoms with Gasteiger partial charge in [-0.05, 0) is 36.2 Å². The van der Waals surface area contributed by atoms with Crippen molar-refractivity contribution in [1.82, 2.24) is 15.6 Å². The van der Waals surface area contributed by atoms with Crippen molar-refractivity contribution in [2.24, 2.45) is 0 Å². The van der Waals surface area contributed by atoms with Gasteiger partial charge < -0.3 is 21.1 Å². The molecule has 2 unspecified atom stereocenters. The summed E-state index contributed by atoms with van der Waals surface area (Å²) in [4.78, 5) is 28.1. The molecular formula is C18H20N4O3. The largest absolute Gasteiger partial charge is 0.392 e. The lowest BCUT2D eigenvalue weighted by atomic mass is 10.1. The Morgan fingerprint density at radius 2 is 2.04 bits per heavy atom. The molecule has 0 spiro atoms. The minimum Gasteiger partial charge on any atom is -0.392 e. The van der Waals surface area contributed by atoms with E-state index in [0.717, 1.165) is 5.56 Å². The quantitative estimate of drug-likeness (QED) is 0.641. The average Bonchev–Trinajstić information content (AvgIpc) is 3.07.